The van der Waals surface area contributed by atoms with Gasteiger partial charge in [0.2, 0.25) is 5.91 Å². The van der Waals surface area contributed by atoms with Crippen LogP contribution < -0.4 is 0 Å². The maximum atomic E-state index is 13.6. The molecule has 8 heteroatoms. The van der Waals surface area contributed by atoms with Crippen LogP contribution in [0.1, 0.15) is 40.9 Å². The zero-order valence-electron chi connectivity index (χ0n) is 19.9. The molecule has 4 heterocycles. The summed E-state index contributed by atoms with van der Waals surface area (Å²) in [6.45, 7) is 8.59. The molecule has 1 aromatic carbocycles. The first kappa shape index (κ1) is 22.5. The summed E-state index contributed by atoms with van der Waals surface area (Å²) in [7, 11) is 0. The van der Waals surface area contributed by atoms with Gasteiger partial charge in [-0.05, 0) is 39.2 Å². The molecule has 0 saturated carbocycles. The summed E-state index contributed by atoms with van der Waals surface area (Å²) >= 11 is 0. The Bertz CT molecular complexity index is 1190. The fourth-order valence-electron chi connectivity index (χ4n) is 4.85. The number of likely N-dealkylation sites (tertiary alicyclic amines) is 1. The molecule has 2 aromatic heterocycles. The van der Waals surface area contributed by atoms with Gasteiger partial charge in [0.1, 0.15) is 0 Å². The molecule has 34 heavy (non-hydrogen) atoms. The molecule has 8 nitrogen and oxygen atoms in total. The van der Waals surface area contributed by atoms with Crippen LogP contribution in [0.15, 0.2) is 34.9 Å². The highest BCUT2D eigenvalue weighted by Crippen LogP contribution is 2.28. The third-order valence-electron chi connectivity index (χ3n) is 6.92. The van der Waals surface area contributed by atoms with Gasteiger partial charge in [0, 0.05) is 44.8 Å². The number of hydrogen-bond donors (Lipinski definition) is 0. The van der Waals surface area contributed by atoms with E-state index in [2.05, 4.69) is 15.0 Å². The Morgan fingerprint density at radius 1 is 0.912 bits per heavy atom. The van der Waals surface area contributed by atoms with Crippen LogP contribution in [-0.4, -0.2) is 82.5 Å². The molecule has 0 aliphatic carbocycles. The van der Waals surface area contributed by atoms with Gasteiger partial charge in [-0.25, -0.2) is 4.98 Å². The smallest absolute Gasteiger partial charge is 0.259 e. The molecule has 5 rings (SSSR count). The van der Waals surface area contributed by atoms with Gasteiger partial charge < -0.3 is 14.3 Å². The summed E-state index contributed by atoms with van der Waals surface area (Å²) in [6, 6.07) is 9.90. The lowest BCUT2D eigenvalue weighted by molar-refractivity contribution is -0.133. The first-order chi connectivity index (χ1) is 16.5. The van der Waals surface area contributed by atoms with E-state index in [1.165, 1.54) is 6.42 Å². The minimum absolute atomic E-state index is 0.0472. The van der Waals surface area contributed by atoms with Crippen molar-refractivity contribution in [3.8, 4) is 11.3 Å². The summed E-state index contributed by atoms with van der Waals surface area (Å²) in [6.07, 6.45) is 3.41. The van der Waals surface area contributed by atoms with Gasteiger partial charge >= 0.3 is 0 Å². The second kappa shape index (κ2) is 9.54. The lowest BCUT2D eigenvalue weighted by Gasteiger charge is -2.36. The number of hydrogen-bond acceptors (Lipinski definition) is 6. The van der Waals surface area contributed by atoms with Gasteiger partial charge in [0.25, 0.3) is 11.6 Å². The van der Waals surface area contributed by atoms with Crippen molar-refractivity contribution in [1.82, 2.24) is 24.8 Å². The molecular formula is C26H31N5O3. The Kier molecular flexibility index (Phi) is 6.32. The van der Waals surface area contributed by atoms with E-state index in [-0.39, 0.29) is 11.8 Å². The van der Waals surface area contributed by atoms with Crippen LogP contribution in [0.4, 0.5) is 0 Å². The SMILES string of the molecule is Cc1ccc(-c2cc(C(=O)N3CCN(CC(=O)N4CCCCC4)CC3)c3c(C)noc3n2)cc1. The molecule has 178 valence electrons. The van der Waals surface area contributed by atoms with E-state index < -0.39 is 0 Å². The highest BCUT2D eigenvalue weighted by Gasteiger charge is 2.28. The van der Waals surface area contributed by atoms with Crippen molar-refractivity contribution in [2.45, 2.75) is 33.1 Å². The minimum atomic E-state index is -0.0472. The van der Waals surface area contributed by atoms with E-state index >= 15 is 0 Å². The van der Waals surface area contributed by atoms with Crippen molar-refractivity contribution >= 4 is 22.9 Å². The number of piperidine rings is 1. The molecule has 0 atom stereocenters. The summed E-state index contributed by atoms with van der Waals surface area (Å²) in [5.74, 6) is 0.159. The number of carbonyl (C=O) groups is 2. The average Bonchev–Trinajstić information content (AvgIpc) is 3.25. The number of nitrogens with zero attached hydrogens (tertiary/aromatic N) is 5. The first-order valence-corrected chi connectivity index (χ1v) is 12.1. The highest BCUT2D eigenvalue weighted by molar-refractivity contribution is 6.07. The van der Waals surface area contributed by atoms with E-state index in [1.807, 2.05) is 54.0 Å². The predicted octanol–water partition coefficient (Wildman–Crippen LogP) is 3.28. The number of benzene rings is 1. The number of piperazine rings is 1. The van der Waals surface area contributed by atoms with Crippen LogP contribution in [0.2, 0.25) is 0 Å². The molecule has 0 unspecified atom stereocenters. The molecule has 2 aliphatic heterocycles. The molecule has 0 bridgehead atoms. The minimum Gasteiger partial charge on any atom is -0.342 e. The van der Waals surface area contributed by atoms with Crippen molar-refractivity contribution in [1.29, 1.82) is 0 Å². The van der Waals surface area contributed by atoms with Gasteiger partial charge in [-0.15, -0.1) is 0 Å². The van der Waals surface area contributed by atoms with E-state index in [0.29, 0.717) is 60.8 Å². The van der Waals surface area contributed by atoms with Crippen LogP contribution >= 0.6 is 0 Å². The summed E-state index contributed by atoms with van der Waals surface area (Å²) in [5, 5.41) is 4.73. The molecule has 3 aromatic rings. The Hall–Kier alpha value is -3.26. The zero-order chi connectivity index (χ0) is 23.7. The average molecular weight is 462 g/mol. The van der Waals surface area contributed by atoms with Gasteiger partial charge in [0.05, 0.1) is 28.9 Å². The molecule has 2 fully saturated rings. The molecule has 0 radical (unpaired) electrons. The van der Waals surface area contributed by atoms with Gasteiger partial charge in [0.15, 0.2) is 0 Å². The fourth-order valence-corrected chi connectivity index (χ4v) is 4.85. The van der Waals surface area contributed by atoms with Crippen LogP contribution in [0.25, 0.3) is 22.4 Å². The Morgan fingerprint density at radius 3 is 2.32 bits per heavy atom. The second-order valence-corrected chi connectivity index (χ2v) is 9.38. The van der Waals surface area contributed by atoms with Gasteiger partial charge in [-0.1, -0.05) is 35.0 Å². The number of fused-ring (bicyclic) bond motifs is 1. The number of aryl methyl sites for hydroxylation is 2. The fraction of sp³-hybridized carbons (Fsp3) is 0.462. The maximum absolute atomic E-state index is 13.6. The predicted molar refractivity (Wildman–Crippen MR) is 129 cm³/mol. The topological polar surface area (TPSA) is 82.8 Å². The summed E-state index contributed by atoms with van der Waals surface area (Å²) in [5.41, 5.74) is 4.39. The Balaban J connectivity index is 1.32. The zero-order valence-corrected chi connectivity index (χ0v) is 19.9. The third-order valence-corrected chi connectivity index (χ3v) is 6.92. The standard InChI is InChI=1S/C26H31N5O3/c1-18-6-8-20(9-7-18)22-16-21(24-19(2)28-34-25(24)27-22)26(33)31-14-12-29(13-15-31)17-23(32)30-10-4-3-5-11-30/h6-9,16H,3-5,10-15,17H2,1-2H3. The number of pyridine rings is 1. The van der Waals surface area contributed by atoms with Gasteiger partial charge in [-0.3, -0.25) is 14.5 Å². The number of amides is 2. The second-order valence-electron chi connectivity index (χ2n) is 9.38. The largest absolute Gasteiger partial charge is 0.342 e. The Morgan fingerprint density at radius 2 is 1.62 bits per heavy atom. The number of carbonyl (C=O) groups excluding carboxylic acids is 2. The molecule has 2 aliphatic rings. The van der Waals surface area contributed by atoms with Crippen LogP contribution in [-0.2, 0) is 4.79 Å². The lowest BCUT2D eigenvalue weighted by atomic mass is 10.0. The van der Waals surface area contributed by atoms with Crippen molar-refractivity contribution < 1.29 is 14.1 Å². The lowest BCUT2D eigenvalue weighted by Crippen LogP contribution is -2.52. The van der Waals surface area contributed by atoms with Crippen LogP contribution in [0.5, 0.6) is 0 Å². The number of rotatable bonds is 4. The van der Waals surface area contributed by atoms with E-state index in [0.717, 1.165) is 37.1 Å². The van der Waals surface area contributed by atoms with E-state index in [1.54, 1.807) is 0 Å². The van der Waals surface area contributed by atoms with E-state index in [4.69, 9.17) is 4.52 Å². The van der Waals surface area contributed by atoms with Crippen molar-refractivity contribution in [3.05, 3.63) is 47.2 Å². The quantitative estimate of drug-likeness (QED) is 0.593. The normalized spacial score (nSPS) is 17.4. The van der Waals surface area contributed by atoms with Crippen LogP contribution in [0.3, 0.4) is 0 Å². The Labute approximate surface area is 199 Å². The monoisotopic (exact) mass is 461 g/mol. The third kappa shape index (κ3) is 4.55. The number of aromatic nitrogens is 2. The van der Waals surface area contributed by atoms with Crippen LogP contribution in [0, 0.1) is 13.8 Å². The van der Waals surface area contributed by atoms with Crippen molar-refractivity contribution in [2.75, 3.05) is 45.8 Å². The maximum Gasteiger partial charge on any atom is 0.259 e. The van der Waals surface area contributed by atoms with Gasteiger partial charge in [-0.2, -0.15) is 0 Å². The van der Waals surface area contributed by atoms with Crippen molar-refractivity contribution in [3.63, 3.8) is 0 Å². The molecule has 2 amide bonds. The molecule has 0 spiro atoms. The summed E-state index contributed by atoms with van der Waals surface area (Å²) < 4.78 is 5.45. The summed E-state index contributed by atoms with van der Waals surface area (Å²) in [4.78, 5) is 36.9. The highest BCUT2D eigenvalue weighted by atomic mass is 16.5. The van der Waals surface area contributed by atoms with Crippen molar-refractivity contribution in [2.24, 2.45) is 0 Å². The molecular weight excluding hydrogens is 430 g/mol. The first-order valence-electron chi connectivity index (χ1n) is 12.1. The van der Waals surface area contributed by atoms with E-state index in [9.17, 15) is 9.59 Å². The molecule has 2 saturated heterocycles. The molecule has 0 N–H and O–H groups in total.